The van der Waals surface area contributed by atoms with Gasteiger partial charge in [-0.2, -0.15) is 11.3 Å². The second kappa shape index (κ2) is 8.00. The van der Waals surface area contributed by atoms with Crippen LogP contribution in [0.2, 0.25) is 0 Å². The first-order valence-electron chi connectivity index (χ1n) is 7.39. The summed E-state index contributed by atoms with van der Waals surface area (Å²) in [6.07, 6.45) is 0.117. The molecule has 0 atom stereocenters. The predicted octanol–water partition coefficient (Wildman–Crippen LogP) is 3.45. The van der Waals surface area contributed by atoms with Gasteiger partial charge in [0.15, 0.2) is 5.13 Å². The number of carbonyl (C=O) groups excluding carboxylic acids is 2. The fourth-order valence-corrected chi connectivity index (χ4v) is 3.38. The van der Waals surface area contributed by atoms with Crippen molar-refractivity contribution in [2.75, 3.05) is 5.32 Å². The van der Waals surface area contributed by atoms with Gasteiger partial charge in [-0.15, -0.1) is 11.3 Å². The molecule has 2 N–H and O–H groups in total. The lowest BCUT2D eigenvalue weighted by molar-refractivity contribution is -0.120. The summed E-state index contributed by atoms with van der Waals surface area (Å²) in [7, 11) is 0. The summed E-state index contributed by atoms with van der Waals surface area (Å²) in [4.78, 5) is 28.2. The third-order valence-electron chi connectivity index (χ3n) is 3.30. The SMILES string of the molecule is O=C(Cc1csc(NC(=O)c2ccsc2)n1)NCc1ccc(F)cc1. The molecule has 2 amide bonds. The summed E-state index contributed by atoms with van der Waals surface area (Å²) in [6.45, 7) is 0.324. The molecule has 0 fully saturated rings. The highest BCUT2D eigenvalue weighted by Crippen LogP contribution is 2.17. The summed E-state index contributed by atoms with van der Waals surface area (Å²) in [5, 5.41) is 11.2. The quantitative estimate of drug-likeness (QED) is 0.693. The Morgan fingerprint density at radius 3 is 2.64 bits per heavy atom. The molecule has 1 aromatic carbocycles. The lowest BCUT2D eigenvalue weighted by atomic mass is 10.2. The normalized spacial score (nSPS) is 10.4. The van der Waals surface area contributed by atoms with Crippen molar-refractivity contribution >= 4 is 39.6 Å². The molecule has 8 heteroatoms. The molecular weight excluding hydrogens is 361 g/mol. The Morgan fingerprint density at radius 2 is 1.92 bits per heavy atom. The number of hydrogen-bond acceptors (Lipinski definition) is 5. The average molecular weight is 375 g/mol. The minimum absolute atomic E-state index is 0.117. The van der Waals surface area contributed by atoms with Crippen LogP contribution in [0.25, 0.3) is 0 Å². The summed E-state index contributed by atoms with van der Waals surface area (Å²) >= 11 is 2.72. The molecule has 0 radical (unpaired) electrons. The third-order valence-corrected chi connectivity index (χ3v) is 4.79. The van der Waals surface area contributed by atoms with Gasteiger partial charge in [-0.3, -0.25) is 14.9 Å². The molecule has 5 nitrogen and oxygen atoms in total. The van der Waals surface area contributed by atoms with E-state index >= 15 is 0 Å². The lowest BCUT2D eigenvalue weighted by Crippen LogP contribution is -2.24. The van der Waals surface area contributed by atoms with Crippen molar-refractivity contribution in [1.82, 2.24) is 10.3 Å². The van der Waals surface area contributed by atoms with Crippen molar-refractivity contribution in [1.29, 1.82) is 0 Å². The van der Waals surface area contributed by atoms with Crippen LogP contribution in [0.15, 0.2) is 46.5 Å². The standard InChI is InChI=1S/C17H14FN3O2S2/c18-13-3-1-11(2-4-13)8-19-15(22)7-14-10-25-17(20-14)21-16(23)12-5-6-24-9-12/h1-6,9-10H,7-8H2,(H,19,22)(H,20,21,23). The maximum atomic E-state index is 12.8. The van der Waals surface area contributed by atoms with E-state index in [2.05, 4.69) is 15.6 Å². The number of rotatable bonds is 6. The van der Waals surface area contributed by atoms with Crippen molar-refractivity contribution < 1.29 is 14.0 Å². The van der Waals surface area contributed by atoms with E-state index in [4.69, 9.17) is 0 Å². The van der Waals surface area contributed by atoms with Gasteiger partial charge in [0, 0.05) is 17.3 Å². The van der Waals surface area contributed by atoms with Gasteiger partial charge < -0.3 is 5.32 Å². The van der Waals surface area contributed by atoms with Gasteiger partial charge in [0.05, 0.1) is 17.7 Å². The number of amides is 2. The van der Waals surface area contributed by atoms with Gasteiger partial charge in [-0.05, 0) is 29.1 Å². The first-order chi connectivity index (χ1) is 12.1. The van der Waals surface area contributed by atoms with Crippen LogP contribution in [0.5, 0.6) is 0 Å². The maximum Gasteiger partial charge on any atom is 0.258 e. The number of carbonyl (C=O) groups is 2. The van der Waals surface area contributed by atoms with Crippen LogP contribution in [-0.4, -0.2) is 16.8 Å². The molecule has 0 spiro atoms. The molecule has 2 aromatic heterocycles. The fraction of sp³-hybridized carbons (Fsp3) is 0.118. The number of anilines is 1. The number of hydrogen-bond donors (Lipinski definition) is 2. The Hall–Kier alpha value is -2.58. The topological polar surface area (TPSA) is 71.1 Å². The number of halogens is 1. The third kappa shape index (κ3) is 4.94. The van der Waals surface area contributed by atoms with Crippen molar-refractivity contribution in [2.45, 2.75) is 13.0 Å². The van der Waals surface area contributed by atoms with Crippen LogP contribution in [-0.2, 0) is 17.8 Å². The monoisotopic (exact) mass is 375 g/mol. The zero-order valence-corrected chi connectivity index (χ0v) is 14.6. The molecule has 0 saturated carbocycles. The van der Waals surface area contributed by atoms with Crippen LogP contribution < -0.4 is 10.6 Å². The van der Waals surface area contributed by atoms with Crippen molar-refractivity contribution in [3.63, 3.8) is 0 Å². The zero-order valence-electron chi connectivity index (χ0n) is 13.0. The summed E-state index contributed by atoms with van der Waals surface area (Å²) in [6, 6.07) is 7.68. The average Bonchev–Trinajstić information content (AvgIpc) is 3.26. The Kier molecular flexibility index (Phi) is 5.52. The second-order valence-corrected chi connectivity index (χ2v) is 6.83. The van der Waals surface area contributed by atoms with E-state index in [1.165, 1.54) is 34.8 Å². The molecule has 3 aromatic rings. The van der Waals surface area contributed by atoms with Gasteiger partial charge in [0.1, 0.15) is 5.82 Å². The predicted molar refractivity (Wildman–Crippen MR) is 96.3 cm³/mol. The molecular formula is C17H14FN3O2S2. The van der Waals surface area contributed by atoms with Crippen LogP contribution in [0, 0.1) is 5.82 Å². The van der Waals surface area contributed by atoms with E-state index in [9.17, 15) is 14.0 Å². The van der Waals surface area contributed by atoms with E-state index in [1.807, 2.05) is 5.38 Å². The Balaban J connectivity index is 1.49. The van der Waals surface area contributed by atoms with Crippen LogP contribution in [0.4, 0.5) is 9.52 Å². The van der Waals surface area contributed by atoms with Crippen LogP contribution in [0.1, 0.15) is 21.6 Å². The molecule has 0 aliphatic rings. The minimum Gasteiger partial charge on any atom is -0.352 e. The second-order valence-electron chi connectivity index (χ2n) is 5.19. The highest BCUT2D eigenvalue weighted by molar-refractivity contribution is 7.14. The maximum absolute atomic E-state index is 12.8. The van der Waals surface area contributed by atoms with E-state index < -0.39 is 0 Å². The Morgan fingerprint density at radius 1 is 1.12 bits per heavy atom. The summed E-state index contributed by atoms with van der Waals surface area (Å²) in [5.74, 6) is -0.720. The first-order valence-corrected chi connectivity index (χ1v) is 9.21. The molecule has 0 unspecified atom stereocenters. The van der Waals surface area contributed by atoms with E-state index in [-0.39, 0.29) is 24.1 Å². The Bertz CT molecular complexity index is 860. The number of thiazole rings is 1. The molecule has 0 bridgehead atoms. The van der Waals surface area contributed by atoms with Gasteiger partial charge in [-0.1, -0.05) is 12.1 Å². The van der Waals surface area contributed by atoms with Gasteiger partial charge in [0.2, 0.25) is 5.91 Å². The number of thiophene rings is 1. The molecule has 0 saturated heterocycles. The van der Waals surface area contributed by atoms with E-state index in [1.54, 1.807) is 29.0 Å². The number of aromatic nitrogens is 1. The largest absolute Gasteiger partial charge is 0.352 e. The van der Waals surface area contributed by atoms with Crippen molar-refractivity contribution in [3.05, 3.63) is 69.1 Å². The van der Waals surface area contributed by atoms with E-state index in [0.717, 1.165) is 5.56 Å². The lowest BCUT2D eigenvalue weighted by Gasteiger charge is -2.04. The summed E-state index contributed by atoms with van der Waals surface area (Å²) < 4.78 is 12.8. The van der Waals surface area contributed by atoms with Crippen molar-refractivity contribution in [3.8, 4) is 0 Å². The zero-order chi connectivity index (χ0) is 17.6. The highest BCUT2D eigenvalue weighted by atomic mass is 32.1. The minimum atomic E-state index is -0.311. The molecule has 25 heavy (non-hydrogen) atoms. The van der Waals surface area contributed by atoms with Crippen LogP contribution >= 0.6 is 22.7 Å². The smallest absolute Gasteiger partial charge is 0.258 e. The van der Waals surface area contributed by atoms with Crippen LogP contribution in [0.3, 0.4) is 0 Å². The molecule has 2 heterocycles. The fourth-order valence-electron chi connectivity index (χ4n) is 2.04. The van der Waals surface area contributed by atoms with Crippen molar-refractivity contribution in [2.24, 2.45) is 0 Å². The van der Waals surface area contributed by atoms with E-state index in [0.29, 0.717) is 22.9 Å². The molecule has 128 valence electrons. The number of nitrogens with one attached hydrogen (secondary N) is 2. The van der Waals surface area contributed by atoms with Gasteiger partial charge >= 0.3 is 0 Å². The molecule has 3 rings (SSSR count). The summed E-state index contributed by atoms with van der Waals surface area (Å²) in [5.41, 5.74) is 1.98. The van der Waals surface area contributed by atoms with Gasteiger partial charge in [0.25, 0.3) is 5.91 Å². The number of nitrogens with zero attached hydrogens (tertiary/aromatic N) is 1. The number of benzene rings is 1. The van der Waals surface area contributed by atoms with Gasteiger partial charge in [-0.25, -0.2) is 9.37 Å². The highest BCUT2D eigenvalue weighted by Gasteiger charge is 2.11. The molecule has 0 aliphatic carbocycles. The molecule has 0 aliphatic heterocycles. The first kappa shape index (κ1) is 17.2. The Labute approximate surface area is 151 Å².